The Bertz CT molecular complexity index is 435. The molecular weight excluding hydrogens is 438 g/mol. The van der Waals surface area contributed by atoms with E-state index in [0.717, 1.165) is 12.8 Å². The Kier molecular flexibility index (Phi) is 14.4. The lowest BCUT2D eigenvalue weighted by Crippen LogP contribution is -2.59. The summed E-state index contributed by atoms with van der Waals surface area (Å²) >= 11 is 0. The predicted octanol–water partition coefficient (Wildman–Crippen LogP) is 8.15. The van der Waals surface area contributed by atoms with E-state index in [2.05, 4.69) is 6.92 Å². The van der Waals surface area contributed by atoms with Crippen LogP contribution in [0.5, 0.6) is 0 Å². The quantitative estimate of drug-likeness (QED) is 0.220. The number of carboxylic acid groups (broad SMARTS) is 1. The van der Waals surface area contributed by atoms with Gasteiger partial charge < -0.3 is 5.11 Å². The van der Waals surface area contributed by atoms with Crippen LogP contribution in [-0.2, 0) is 4.79 Å². The van der Waals surface area contributed by atoms with E-state index in [1.807, 2.05) is 0 Å². The van der Waals surface area contributed by atoms with Gasteiger partial charge in [-0.25, -0.2) is 0 Å². The monoisotopic (exact) mass is 466 g/mol. The summed E-state index contributed by atoms with van der Waals surface area (Å²) in [7, 11) is 0. The molecule has 0 unspecified atom stereocenters. The van der Waals surface area contributed by atoms with Gasteiger partial charge in [-0.15, -0.1) is 0 Å². The molecule has 0 heterocycles. The average molecular weight is 466 g/mol. The lowest BCUT2D eigenvalue weighted by molar-refractivity contribution is -0.419. The molecule has 0 bridgehead atoms. The summed E-state index contributed by atoms with van der Waals surface area (Å²) in [5.41, 5.74) is 0. The van der Waals surface area contributed by atoms with Crippen LogP contribution >= 0.6 is 0 Å². The van der Waals surface area contributed by atoms with Crippen molar-refractivity contribution >= 4 is 5.97 Å². The molecule has 0 aromatic rings. The van der Waals surface area contributed by atoms with Crippen molar-refractivity contribution in [3.8, 4) is 0 Å². The molecule has 0 rings (SSSR count). The smallest absolute Gasteiger partial charge is 0.460 e. The van der Waals surface area contributed by atoms with Gasteiger partial charge in [0.05, 0.1) is 0 Å². The number of halogens is 10. The largest absolute Gasteiger partial charge is 0.481 e. The minimum Gasteiger partial charge on any atom is -0.481 e. The Morgan fingerprint density at radius 3 is 1.07 bits per heavy atom. The molecule has 0 atom stereocenters. The van der Waals surface area contributed by atoms with E-state index in [1.165, 1.54) is 57.8 Å². The third-order valence-electron chi connectivity index (χ3n) is 4.10. The van der Waals surface area contributed by atoms with Crippen LogP contribution in [0.1, 0.15) is 84.0 Å². The first-order valence-corrected chi connectivity index (χ1v) is 9.63. The zero-order valence-electron chi connectivity index (χ0n) is 16.6. The molecule has 0 aromatic carbocycles. The molecule has 0 saturated carbocycles. The highest BCUT2D eigenvalue weighted by Crippen LogP contribution is 2.53. The number of carboxylic acids is 1. The molecule has 0 aliphatic carbocycles. The molecular formula is C18H28F10O2. The number of aliphatic carboxylic acids is 1. The highest BCUT2D eigenvalue weighted by atomic mass is 19.4. The second-order valence-electron chi connectivity index (χ2n) is 6.82. The summed E-state index contributed by atoms with van der Waals surface area (Å²) in [6.07, 6.45) is 0.427. The van der Waals surface area contributed by atoms with E-state index in [1.54, 1.807) is 0 Å². The van der Waals surface area contributed by atoms with Gasteiger partial charge in [-0.05, 0) is 6.42 Å². The van der Waals surface area contributed by atoms with Crippen LogP contribution in [0.4, 0.5) is 43.9 Å². The molecule has 0 radical (unpaired) electrons. The van der Waals surface area contributed by atoms with Crippen molar-refractivity contribution in [1.29, 1.82) is 0 Å². The fourth-order valence-electron chi connectivity index (χ4n) is 2.30. The predicted molar refractivity (Wildman–Crippen MR) is 90.7 cm³/mol. The van der Waals surface area contributed by atoms with Crippen molar-refractivity contribution in [2.24, 2.45) is 0 Å². The van der Waals surface area contributed by atoms with Gasteiger partial charge in [0.1, 0.15) is 0 Å². The van der Waals surface area contributed by atoms with E-state index in [-0.39, 0.29) is 0 Å². The molecule has 0 aromatic heterocycles. The van der Waals surface area contributed by atoms with Crippen LogP contribution in [0.3, 0.4) is 0 Å². The average Bonchev–Trinajstić information content (AvgIpc) is 2.58. The molecule has 12 heteroatoms. The topological polar surface area (TPSA) is 37.3 Å². The summed E-state index contributed by atoms with van der Waals surface area (Å²) in [5.74, 6) is -14.9. The van der Waals surface area contributed by atoms with E-state index in [0.29, 0.717) is 6.42 Å². The maximum atomic E-state index is 11.6. The Balaban J connectivity index is 0. The maximum Gasteiger partial charge on any atom is 0.460 e. The first-order valence-electron chi connectivity index (χ1n) is 9.63. The van der Waals surface area contributed by atoms with Crippen LogP contribution in [0.15, 0.2) is 0 Å². The lowest BCUT2D eigenvalue weighted by Gasteiger charge is -2.29. The van der Waals surface area contributed by atoms with Gasteiger partial charge >= 0.3 is 30.2 Å². The Morgan fingerprint density at radius 1 is 0.567 bits per heavy atom. The normalized spacial score (nSPS) is 13.0. The summed E-state index contributed by atoms with van der Waals surface area (Å²) in [6, 6.07) is 0. The van der Waals surface area contributed by atoms with Crippen molar-refractivity contribution in [1.82, 2.24) is 0 Å². The number of carbonyl (C=O) groups is 1. The molecule has 1 N–H and O–H groups in total. The van der Waals surface area contributed by atoms with Gasteiger partial charge in [-0.1, -0.05) is 71.1 Å². The maximum absolute atomic E-state index is 11.6. The van der Waals surface area contributed by atoms with E-state index < -0.39 is 30.2 Å². The third kappa shape index (κ3) is 11.8. The van der Waals surface area contributed by atoms with Crippen molar-refractivity contribution in [2.45, 2.75) is 108 Å². The van der Waals surface area contributed by atoms with E-state index >= 15 is 0 Å². The molecule has 0 saturated heterocycles. The van der Waals surface area contributed by atoms with Gasteiger partial charge in [0.15, 0.2) is 0 Å². The van der Waals surface area contributed by atoms with Crippen molar-refractivity contribution in [3.63, 3.8) is 0 Å². The van der Waals surface area contributed by atoms with Crippen molar-refractivity contribution in [2.75, 3.05) is 0 Å². The minimum atomic E-state index is -7.14. The first kappa shape index (κ1) is 31.0. The fraction of sp³-hybridized carbons (Fsp3) is 0.944. The Labute approximate surface area is 169 Å². The second-order valence-corrected chi connectivity index (χ2v) is 6.82. The number of unbranched alkanes of at least 4 members (excludes halogenated alkanes) is 10. The highest BCUT2D eigenvalue weighted by molar-refractivity contribution is 5.66. The molecule has 30 heavy (non-hydrogen) atoms. The van der Waals surface area contributed by atoms with Gasteiger partial charge in [0, 0.05) is 6.42 Å². The summed E-state index contributed by atoms with van der Waals surface area (Å²) in [4.78, 5) is 10.3. The van der Waals surface area contributed by atoms with Gasteiger partial charge in [-0.2, -0.15) is 43.9 Å². The third-order valence-corrected chi connectivity index (χ3v) is 4.10. The first-order chi connectivity index (χ1) is 13.5. The van der Waals surface area contributed by atoms with Gasteiger partial charge in [-0.3, -0.25) is 4.79 Å². The van der Waals surface area contributed by atoms with Crippen LogP contribution in [0.25, 0.3) is 0 Å². The SMILES string of the molecule is CCCCCCCCCCCCCC(=O)O.FC(F)(F)C(F)(F)C(F)(F)C(F)(F)F. The van der Waals surface area contributed by atoms with Crippen LogP contribution in [-0.4, -0.2) is 35.3 Å². The van der Waals surface area contributed by atoms with Crippen LogP contribution in [0, 0.1) is 0 Å². The number of hydrogen-bond donors (Lipinski definition) is 1. The fourth-order valence-corrected chi connectivity index (χ4v) is 2.30. The zero-order valence-corrected chi connectivity index (χ0v) is 16.6. The molecule has 0 spiro atoms. The van der Waals surface area contributed by atoms with Crippen LogP contribution < -0.4 is 0 Å². The molecule has 0 aliphatic heterocycles. The summed E-state index contributed by atoms with van der Waals surface area (Å²) < 4.78 is 113. The number of alkyl halides is 10. The van der Waals surface area contributed by atoms with Gasteiger partial charge in [0.2, 0.25) is 0 Å². The standard InChI is InChI=1S/C14H28O2.C4F10/c1-2-3-4-5-6-7-8-9-10-11-12-13-14(15)16;5-1(6,3(9,10)11)2(7,8)4(12,13)14/h2-13H2,1H3,(H,15,16);. The van der Waals surface area contributed by atoms with E-state index in [9.17, 15) is 48.7 Å². The molecule has 0 fully saturated rings. The van der Waals surface area contributed by atoms with Gasteiger partial charge in [0.25, 0.3) is 0 Å². The number of hydrogen-bond acceptors (Lipinski definition) is 1. The second kappa shape index (κ2) is 14.0. The molecule has 0 aliphatic rings. The number of rotatable bonds is 13. The highest BCUT2D eigenvalue weighted by Gasteiger charge is 2.82. The Hall–Kier alpha value is -1.23. The molecule has 0 amide bonds. The zero-order chi connectivity index (χ0) is 24.1. The van der Waals surface area contributed by atoms with Crippen LogP contribution in [0.2, 0.25) is 0 Å². The summed E-state index contributed by atoms with van der Waals surface area (Å²) in [6.45, 7) is 2.25. The molecule has 182 valence electrons. The lowest BCUT2D eigenvalue weighted by atomic mass is 10.1. The van der Waals surface area contributed by atoms with E-state index in [4.69, 9.17) is 5.11 Å². The minimum absolute atomic E-state index is 0.344. The van der Waals surface area contributed by atoms with Crippen molar-refractivity contribution in [3.05, 3.63) is 0 Å². The molecule has 2 nitrogen and oxygen atoms in total. The summed E-state index contributed by atoms with van der Waals surface area (Å²) in [5, 5.41) is 8.46. The Morgan fingerprint density at radius 2 is 0.833 bits per heavy atom. The van der Waals surface area contributed by atoms with Crippen molar-refractivity contribution < 1.29 is 53.8 Å².